The molecule has 1 heterocycles. The predicted molar refractivity (Wildman–Crippen MR) is 82.8 cm³/mol. The third kappa shape index (κ3) is 4.47. The van der Waals surface area contributed by atoms with E-state index in [9.17, 15) is 22.3 Å². The average molecular weight is 348 g/mol. The third-order valence-electron chi connectivity index (χ3n) is 3.97. The van der Waals surface area contributed by atoms with Crippen LogP contribution in [0.25, 0.3) is 0 Å². The van der Waals surface area contributed by atoms with Gasteiger partial charge in [0.25, 0.3) is 10.2 Å². The first-order chi connectivity index (χ1) is 10.7. The molecule has 0 amide bonds. The van der Waals surface area contributed by atoms with Gasteiger partial charge in [0.05, 0.1) is 11.7 Å². The summed E-state index contributed by atoms with van der Waals surface area (Å²) in [5, 5.41) is 9.92. The predicted octanol–water partition coefficient (Wildman–Crippen LogP) is 1.81. The zero-order valence-corrected chi connectivity index (χ0v) is 14.0. The number of nitrogens with one attached hydrogen (secondary N) is 1. The molecule has 0 aliphatic carbocycles. The smallest absolute Gasteiger partial charge is 0.279 e. The second-order valence-corrected chi connectivity index (χ2v) is 8.02. The summed E-state index contributed by atoms with van der Waals surface area (Å²) in [4.78, 5) is 0. The molecule has 23 heavy (non-hydrogen) atoms. The molecule has 0 saturated carbocycles. The van der Waals surface area contributed by atoms with Gasteiger partial charge in [0, 0.05) is 19.6 Å². The standard InChI is InChI=1S/C15H22F2N2O3S/c1-10-6-11(2)9-19(8-10)23(21,22)18-7-14(20)15-12(16)4-3-5-13(15)17/h3-5,10-11,14,18,20H,6-9H2,1-2H3/t10-,11+,14-/m1/s1. The van der Waals surface area contributed by atoms with Gasteiger partial charge in [0.2, 0.25) is 0 Å². The van der Waals surface area contributed by atoms with Gasteiger partial charge in [-0.25, -0.2) is 8.78 Å². The van der Waals surface area contributed by atoms with Crippen LogP contribution in [-0.2, 0) is 10.2 Å². The molecule has 1 aromatic rings. The van der Waals surface area contributed by atoms with Crippen LogP contribution < -0.4 is 4.72 Å². The second-order valence-electron chi connectivity index (χ2n) is 6.27. The van der Waals surface area contributed by atoms with Crippen molar-refractivity contribution in [1.29, 1.82) is 0 Å². The molecular weight excluding hydrogens is 326 g/mol. The maximum Gasteiger partial charge on any atom is 0.279 e. The largest absolute Gasteiger partial charge is 0.387 e. The van der Waals surface area contributed by atoms with Crippen LogP contribution in [0.15, 0.2) is 18.2 Å². The third-order valence-corrected chi connectivity index (χ3v) is 5.48. The van der Waals surface area contributed by atoms with Crippen LogP contribution in [0.2, 0.25) is 0 Å². The Labute approximate surface area is 135 Å². The van der Waals surface area contributed by atoms with Crippen LogP contribution in [0.3, 0.4) is 0 Å². The Morgan fingerprint density at radius 2 is 1.78 bits per heavy atom. The van der Waals surface area contributed by atoms with Crippen LogP contribution in [0.1, 0.15) is 31.9 Å². The highest BCUT2D eigenvalue weighted by Gasteiger charge is 2.31. The Morgan fingerprint density at radius 3 is 2.30 bits per heavy atom. The topological polar surface area (TPSA) is 69.6 Å². The summed E-state index contributed by atoms with van der Waals surface area (Å²) in [6.45, 7) is 4.25. The molecule has 1 fully saturated rings. The molecule has 2 rings (SSSR count). The van der Waals surface area contributed by atoms with Crippen LogP contribution >= 0.6 is 0 Å². The van der Waals surface area contributed by atoms with Crippen LogP contribution in [0.4, 0.5) is 8.78 Å². The first-order valence-electron chi connectivity index (χ1n) is 7.57. The Bertz CT molecular complexity index is 624. The molecule has 3 atom stereocenters. The van der Waals surface area contributed by atoms with E-state index in [0.29, 0.717) is 13.1 Å². The summed E-state index contributed by atoms with van der Waals surface area (Å²) >= 11 is 0. The van der Waals surface area contributed by atoms with Gasteiger partial charge in [-0.05, 0) is 30.4 Å². The molecule has 2 N–H and O–H groups in total. The Hall–Kier alpha value is -1.09. The van der Waals surface area contributed by atoms with E-state index in [1.54, 1.807) is 0 Å². The Balaban J connectivity index is 2.04. The van der Waals surface area contributed by atoms with E-state index in [4.69, 9.17) is 0 Å². The van der Waals surface area contributed by atoms with Crippen molar-refractivity contribution in [2.45, 2.75) is 26.4 Å². The van der Waals surface area contributed by atoms with Crippen molar-refractivity contribution < 1.29 is 22.3 Å². The zero-order valence-electron chi connectivity index (χ0n) is 13.2. The van der Waals surface area contributed by atoms with Crippen molar-refractivity contribution in [3.05, 3.63) is 35.4 Å². The lowest BCUT2D eigenvalue weighted by Gasteiger charge is -2.34. The van der Waals surface area contributed by atoms with E-state index >= 15 is 0 Å². The highest BCUT2D eigenvalue weighted by molar-refractivity contribution is 7.87. The molecule has 5 nitrogen and oxygen atoms in total. The van der Waals surface area contributed by atoms with Gasteiger partial charge in [-0.1, -0.05) is 19.9 Å². The summed E-state index contributed by atoms with van der Waals surface area (Å²) in [6, 6.07) is 3.22. The number of piperidine rings is 1. The van der Waals surface area contributed by atoms with Crippen LogP contribution in [0.5, 0.6) is 0 Å². The summed E-state index contributed by atoms with van der Waals surface area (Å²) in [5.74, 6) is -1.33. The van der Waals surface area contributed by atoms with Gasteiger partial charge < -0.3 is 5.11 Å². The number of hydrogen-bond acceptors (Lipinski definition) is 3. The monoisotopic (exact) mass is 348 g/mol. The van der Waals surface area contributed by atoms with Gasteiger partial charge >= 0.3 is 0 Å². The van der Waals surface area contributed by atoms with Crippen molar-refractivity contribution in [2.24, 2.45) is 11.8 Å². The summed E-state index contributed by atoms with van der Waals surface area (Å²) in [6.07, 6.45) is -0.639. The van der Waals surface area contributed by atoms with Crippen molar-refractivity contribution in [2.75, 3.05) is 19.6 Å². The number of halogens is 2. The average Bonchev–Trinajstić information content (AvgIpc) is 2.44. The molecule has 1 saturated heterocycles. The summed E-state index contributed by atoms with van der Waals surface area (Å²) in [5.41, 5.74) is -0.532. The van der Waals surface area contributed by atoms with Crippen molar-refractivity contribution in [3.8, 4) is 0 Å². The fraction of sp³-hybridized carbons (Fsp3) is 0.600. The number of benzene rings is 1. The fourth-order valence-electron chi connectivity index (χ4n) is 3.01. The lowest BCUT2D eigenvalue weighted by atomic mass is 9.94. The van der Waals surface area contributed by atoms with Crippen LogP contribution in [-0.4, -0.2) is 37.5 Å². The first kappa shape index (κ1) is 18.3. The SMILES string of the molecule is C[C@@H]1C[C@H](C)CN(S(=O)(=O)NC[C@@H](O)c2c(F)cccc2F)C1. The first-order valence-corrected chi connectivity index (χ1v) is 9.01. The molecule has 8 heteroatoms. The number of aliphatic hydroxyl groups excluding tert-OH is 1. The minimum atomic E-state index is -3.80. The maximum atomic E-state index is 13.6. The molecule has 0 spiro atoms. The summed E-state index contributed by atoms with van der Waals surface area (Å²) in [7, 11) is -3.80. The van der Waals surface area contributed by atoms with E-state index in [1.807, 2.05) is 13.8 Å². The molecule has 0 bridgehead atoms. The molecule has 1 aromatic carbocycles. The normalized spacial score (nSPS) is 24.6. The lowest BCUT2D eigenvalue weighted by molar-refractivity contribution is 0.169. The number of rotatable bonds is 5. The number of hydrogen-bond donors (Lipinski definition) is 2. The second kappa shape index (κ2) is 7.21. The maximum absolute atomic E-state index is 13.6. The highest BCUT2D eigenvalue weighted by Crippen LogP contribution is 2.24. The lowest BCUT2D eigenvalue weighted by Crippen LogP contribution is -2.48. The van der Waals surface area contributed by atoms with Crippen molar-refractivity contribution >= 4 is 10.2 Å². The van der Waals surface area contributed by atoms with Crippen molar-refractivity contribution in [1.82, 2.24) is 9.03 Å². The summed E-state index contributed by atoms with van der Waals surface area (Å²) < 4.78 is 55.3. The molecule has 0 aromatic heterocycles. The van der Waals surface area contributed by atoms with E-state index in [1.165, 1.54) is 10.4 Å². The Morgan fingerprint density at radius 1 is 1.26 bits per heavy atom. The van der Waals surface area contributed by atoms with Gasteiger partial charge in [-0.2, -0.15) is 17.4 Å². The van der Waals surface area contributed by atoms with E-state index in [2.05, 4.69) is 4.72 Å². The zero-order chi connectivity index (χ0) is 17.2. The molecule has 130 valence electrons. The highest BCUT2D eigenvalue weighted by atomic mass is 32.2. The van der Waals surface area contributed by atoms with E-state index < -0.39 is 40.1 Å². The van der Waals surface area contributed by atoms with Crippen LogP contribution in [0, 0.1) is 23.5 Å². The van der Waals surface area contributed by atoms with Gasteiger partial charge in [0.15, 0.2) is 0 Å². The fourth-order valence-corrected chi connectivity index (χ4v) is 4.46. The van der Waals surface area contributed by atoms with Gasteiger partial charge in [0.1, 0.15) is 11.6 Å². The molecular formula is C15H22F2N2O3S. The molecule has 1 aliphatic heterocycles. The quantitative estimate of drug-likeness (QED) is 0.853. The van der Waals surface area contributed by atoms with E-state index in [-0.39, 0.29) is 11.8 Å². The van der Waals surface area contributed by atoms with Gasteiger partial charge in [-0.3, -0.25) is 0 Å². The molecule has 0 unspecified atom stereocenters. The molecule has 0 radical (unpaired) electrons. The number of nitrogens with zero attached hydrogens (tertiary/aromatic N) is 1. The Kier molecular flexibility index (Phi) is 5.72. The number of aliphatic hydroxyl groups is 1. The molecule has 1 aliphatic rings. The minimum absolute atomic E-state index is 0.240. The van der Waals surface area contributed by atoms with E-state index in [0.717, 1.165) is 18.6 Å². The van der Waals surface area contributed by atoms with Crippen molar-refractivity contribution in [3.63, 3.8) is 0 Å². The minimum Gasteiger partial charge on any atom is -0.387 e. The van der Waals surface area contributed by atoms with Gasteiger partial charge in [-0.15, -0.1) is 0 Å².